The van der Waals surface area contributed by atoms with Crippen LogP contribution in [0.2, 0.25) is 0 Å². The van der Waals surface area contributed by atoms with E-state index in [1.165, 1.54) is 12.7 Å². The third-order valence-electron chi connectivity index (χ3n) is 3.15. The third kappa shape index (κ3) is 4.48. The van der Waals surface area contributed by atoms with E-state index in [9.17, 15) is 18.0 Å². The van der Waals surface area contributed by atoms with Crippen molar-refractivity contribution in [2.45, 2.75) is 38.3 Å². The van der Waals surface area contributed by atoms with E-state index in [2.05, 4.69) is 14.9 Å². The Hall–Kier alpha value is -1.64. The summed E-state index contributed by atoms with van der Waals surface area (Å²) in [5.41, 5.74) is 0. The highest BCUT2D eigenvalue weighted by molar-refractivity contribution is 5.76. The molecule has 1 aliphatic heterocycles. The molecule has 2 heterocycles. The molecule has 1 amide bonds. The number of halogens is 3. The fourth-order valence-corrected chi connectivity index (χ4v) is 2.13. The maximum Gasteiger partial charge on any atom is 0.522 e. The number of nitrogens with zero attached hydrogens (tertiary/aromatic N) is 4. The summed E-state index contributed by atoms with van der Waals surface area (Å²) in [6.07, 6.45) is -1.74. The van der Waals surface area contributed by atoms with Gasteiger partial charge < -0.3 is 9.47 Å². The standard InChI is InChI=1S/C11H15F3N4O2/c12-11(13,14)20-9-1-5-18(6-2-9)10(19)3-4-17-7-15-16-8-17/h7-9H,1-6H2. The van der Waals surface area contributed by atoms with Crippen LogP contribution in [0.5, 0.6) is 0 Å². The van der Waals surface area contributed by atoms with Crippen molar-refractivity contribution in [1.29, 1.82) is 0 Å². The van der Waals surface area contributed by atoms with Gasteiger partial charge in [-0.2, -0.15) is 0 Å². The highest BCUT2D eigenvalue weighted by atomic mass is 19.4. The zero-order chi connectivity index (χ0) is 14.6. The van der Waals surface area contributed by atoms with Crippen molar-refractivity contribution in [2.75, 3.05) is 13.1 Å². The minimum Gasteiger partial charge on any atom is -0.342 e. The van der Waals surface area contributed by atoms with Crippen molar-refractivity contribution < 1.29 is 22.7 Å². The molecular formula is C11H15F3N4O2. The molecule has 1 aromatic heterocycles. The van der Waals surface area contributed by atoms with Crippen LogP contribution in [0.4, 0.5) is 13.2 Å². The second kappa shape index (κ2) is 6.21. The number of ether oxygens (including phenoxy) is 1. The first-order chi connectivity index (χ1) is 9.44. The fourth-order valence-electron chi connectivity index (χ4n) is 2.13. The average Bonchev–Trinajstić information content (AvgIpc) is 2.88. The summed E-state index contributed by atoms with van der Waals surface area (Å²) < 4.78 is 41.8. The molecule has 0 radical (unpaired) electrons. The lowest BCUT2D eigenvalue weighted by Crippen LogP contribution is -2.42. The number of likely N-dealkylation sites (tertiary alicyclic amines) is 1. The van der Waals surface area contributed by atoms with E-state index in [-0.39, 0.29) is 25.2 Å². The fraction of sp³-hybridized carbons (Fsp3) is 0.727. The lowest BCUT2D eigenvalue weighted by atomic mass is 10.1. The van der Waals surface area contributed by atoms with E-state index >= 15 is 0 Å². The molecule has 0 spiro atoms. The van der Waals surface area contributed by atoms with E-state index < -0.39 is 12.5 Å². The molecule has 1 aliphatic rings. The number of aryl methyl sites for hydroxylation is 1. The highest BCUT2D eigenvalue weighted by Gasteiger charge is 2.35. The zero-order valence-electron chi connectivity index (χ0n) is 10.7. The molecule has 6 nitrogen and oxygen atoms in total. The number of hydrogen-bond donors (Lipinski definition) is 0. The Kier molecular flexibility index (Phi) is 4.58. The molecule has 1 fully saturated rings. The Balaban J connectivity index is 1.71. The third-order valence-corrected chi connectivity index (χ3v) is 3.15. The average molecular weight is 292 g/mol. The van der Waals surface area contributed by atoms with Crippen LogP contribution in [-0.2, 0) is 16.1 Å². The number of carbonyl (C=O) groups is 1. The van der Waals surface area contributed by atoms with Crippen LogP contribution in [-0.4, -0.2) is 51.1 Å². The monoisotopic (exact) mass is 292 g/mol. The molecule has 0 saturated carbocycles. The van der Waals surface area contributed by atoms with Gasteiger partial charge in [0.05, 0.1) is 6.10 Å². The number of alkyl halides is 3. The van der Waals surface area contributed by atoms with Gasteiger partial charge in [0.2, 0.25) is 5.91 Å². The number of aromatic nitrogens is 3. The molecule has 1 saturated heterocycles. The molecule has 2 rings (SSSR count). The van der Waals surface area contributed by atoms with Crippen molar-refractivity contribution in [3.05, 3.63) is 12.7 Å². The molecule has 20 heavy (non-hydrogen) atoms. The first kappa shape index (κ1) is 14.8. The van der Waals surface area contributed by atoms with Crippen LogP contribution in [0.15, 0.2) is 12.7 Å². The van der Waals surface area contributed by atoms with E-state index in [4.69, 9.17) is 0 Å². The summed E-state index contributed by atoms with van der Waals surface area (Å²) in [4.78, 5) is 13.5. The van der Waals surface area contributed by atoms with Gasteiger partial charge in [0.25, 0.3) is 0 Å². The molecular weight excluding hydrogens is 277 g/mol. The molecule has 0 aliphatic carbocycles. The quantitative estimate of drug-likeness (QED) is 0.836. The first-order valence-electron chi connectivity index (χ1n) is 6.29. The Morgan fingerprint density at radius 2 is 1.85 bits per heavy atom. The molecule has 1 aromatic rings. The number of hydrogen-bond acceptors (Lipinski definition) is 4. The smallest absolute Gasteiger partial charge is 0.342 e. The van der Waals surface area contributed by atoms with E-state index in [0.717, 1.165) is 0 Å². The summed E-state index contributed by atoms with van der Waals surface area (Å²) in [6, 6.07) is 0. The van der Waals surface area contributed by atoms with Gasteiger partial charge in [-0.3, -0.25) is 9.53 Å². The highest BCUT2D eigenvalue weighted by Crippen LogP contribution is 2.24. The predicted octanol–water partition coefficient (Wildman–Crippen LogP) is 1.20. The Labute approximate surface area is 113 Å². The summed E-state index contributed by atoms with van der Waals surface area (Å²) >= 11 is 0. The van der Waals surface area contributed by atoms with Gasteiger partial charge >= 0.3 is 6.36 Å². The number of rotatable bonds is 4. The largest absolute Gasteiger partial charge is 0.522 e. The SMILES string of the molecule is O=C(CCn1cnnc1)N1CCC(OC(F)(F)F)CC1. The van der Waals surface area contributed by atoms with Gasteiger partial charge in [0.1, 0.15) is 12.7 Å². The summed E-state index contributed by atoms with van der Waals surface area (Å²) in [7, 11) is 0. The van der Waals surface area contributed by atoms with Crippen molar-refractivity contribution in [2.24, 2.45) is 0 Å². The minimum absolute atomic E-state index is 0.0795. The molecule has 9 heteroatoms. The van der Waals surface area contributed by atoms with Crippen molar-refractivity contribution in [3.8, 4) is 0 Å². The summed E-state index contributed by atoms with van der Waals surface area (Å²) in [6.45, 7) is 1.05. The normalized spacial score (nSPS) is 17.4. The molecule has 112 valence electrons. The van der Waals surface area contributed by atoms with E-state index in [1.54, 1.807) is 9.47 Å². The first-order valence-corrected chi connectivity index (χ1v) is 6.29. The topological polar surface area (TPSA) is 60.2 Å². The second-order valence-corrected chi connectivity index (χ2v) is 4.59. The minimum atomic E-state index is -4.61. The second-order valence-electron chi connectivity index (χ2n) is 4.59. The van der Waals surface area contributed by atoms with E-state index in [0.29, 0.717) is 19.6 Å². The number of amides is 1. The lowest BCUT2D eigenvalue weighted by Gasteiger charge is -2.32. The predicted molar refractivity (Wildman–Crippen MR) is 61.4 cm³/mol. The van der Waals surface area contributed by atoms with Gasteiger partial charge in [0.15, 0.2) is 0 Å². The molecule has 0 atom stereocenters. The number of carbonyl (C=O) groups excluding carboxylic acids is 1. The van der Waals surface area contributed by atoms with Crippen molar-refractivity contribution in [3.63, 3.8) is 0 Å². The van der Waals surface area contributed by atoms with Crippen LogP contribution < -0.4 is 0 Å². The summed E-state index contributed by atoms with van der Waals surface area (Å²) in [5, 5.41) is 7.24. The van der Waals surface area contributed by atoms with Crippen LogP contribution in [0.25, 0.3) is 0 Å². The van der Waals surface area contributed by atoms with Crippen molar-refractivity contribution >= 4 is 5.91 Å². The van der Waals surface area contributed by atoms with Gasteiger partial charge in [-0.15, -0.1) is 23.4 Å². The van der Waals surface area contributed by atoms with E-state index in [1.807, 2.05) is 0 Å². The van der Waals surface area contributed by atoms with Crippen LogP contribution in [0, 0.1) is 0 Å². The van der Waals surface area contributed by atoms with Crippen LogP contribution in [0.3, 0.4) is 0 Å². The Morgan fingerprint density at radius 1 is 1.25 bits per heavy atom. The van der Waals surface area contributed by atoms with Gasteiger partial charge in [-0.25, -0.2) is 0 Å². The van der Waals surface area contributed by atoms with Crippen LogP contribution >= 0.6 is 0 Å². The van der Waals surface area contributed by atoms with Gasteiger partial charge in [-0.05, 0) is 12.8 Å². The van der Waals surface area contributed by atoms with Gasteiger partial charge in [-0.1, -0.05) is 0 Å². The molecule has 0 unspecified atom stereocenters. The number of piperidine rings is 1. The maximum absolute atomic E-state index is 12.1. The maximum atomic E-state index is 12.1. The molecule has 0 aromatic carbocycles. The zero-order valence-corrected chi connectivity index (χ0v) is 10.7. The van der Waals surface area contributed by atoms with Gasteiger partial charge in [0, 0.05) is 26.1 Å². The Morgan fingerprint density at radius 3 is 2.40 bits per heavy atom. The van der Waals surface area contributed by atoms with Crippen molar-refractivity contribution in [1.82, 2.24) is 19.7 Å². The van der Waals surface area contributed by atoms with Crippen LogP contribution in [0.1, 0.15) is 19.3 Å². The molecule has 0 bridgehead atoms. The molecule has 0 N–H and O–H groups in total. The lowest BCUT2D eigenvalue weighted by molar-refractivity contribution is -0.345. The Bertz CT molecular complexity index is 427. The summed E-state index contributed by atoms with van der Waals surface area (Å²) in [5.74, 6) is -0.0795.